The van der Waals surface area contributed by atoms with Crippen LogP contribution in [0, 0.1) is 0 Å². The third-order valence-electron chi connectivity index (χ3n) is 3.15. The Balaban J connectivity index is 3.27. The van der Waals surface area contributed by atoms with Crippen molar-refractivity contribution in [3.05, 3.63) is 17.2 Å². The second-order valence-electron chi connectivity index (χ2n) is 4.50. The molecule has 0 unspecified atom stereocenters. The van der Waals surface area contributed by atoms with Gasteiger partial charge in [0.2, 0.25) is 0 Å². The average Bonchev–Trinajstić information content (AvgIpc) is 2.39. The van der Waals surface area contributed by atoms with Crippen molar-refractivity contribution >= 4 is 5.78 Å². The maximum Gasteiger partial charge on any atom is 0.167 e. The SMILES string of the molecule is CCCCCc1c(OC)cc(OC)c(C(C)=O)c1O. The van der Waals surface area contributed by atoms with E-state index in [0.717, 1.165) is 19.3 Å². The molecule has 0 radical (unpaired) electrons. The summed E-state index contributed by atoms with van der Waals surface area (Å²) in [5, 5.41) is 10.3. The molecule has 0 fully saturated rings. The summed E-state index contributed by atoms with van der Waals surface area (Å²) in [6.07, 6.45) is 3.81. The Kier molecular flexibility index (Phi) is 5.67. The number of benzene rings is 1. The fourth-order valence-electron chi connectivity index (χ4n) is 2.14. The molecule has 0 bridgehead atoms. The first-order valence-electron chi connectivity index (χ1n) is 6.54. The Morgan fingerprint density at radius 3 is 2.32 bits per heavy atom. The highest BCUT2D eigenvalue weighted by atomic mass is 16.5. The summed E-state index contributed by atoms with van der Waals surface area (Å²) in [5.41, 5.74) is 0.914. The lowest BCUT2D eigenvalue weighted by atomic mass is 9.99. The van der Waals surface area contributed by atoms with Crippen LogP contribution in [0.4, 0.5) is 0 Å². The van der Waals surface area contributed by atoms with Gasteiger partial charge in [0.25, 0.3) is 0 Å². The molecule has 4 heteroatoms. The van der Waals surface area contributed by atoms with Gasteiger partial charge in [0.15, 0.2) is 5.78 Å². The zero-order valence-corrected chi connectivity index (χ0v) is 12.1. The quantitative estimate of drug-likeness (QED) is 0.607. The van der Waals surface area contributed by atoms with Crippen LogP contribution in [0.5, 0.6) is 17.2 Å². The van der Waals surface area contributed by atoms with Crippen molar-refractivity contribution in [2.75, 3.05) is 14.2 Å². The van der Waals surface area contributed by atoms with Crippen LogP contribution in [0.25, 0.3) is 0 Å². The van der Waals surface area contributed by atoms with Crippen LogP contribution in [-0.4, -0.2) is 25.1 Å². The fraction of sp³-hybridized carbons (Fsp3) is 0.533. The van der Waals surface area contributed by atoms with Gasteiger partial charge in [0.05, 0.1) is 14.2 Å². The molecule has 4 nitrogen and oxygen atoms in total. The van der Waals surface area contributed by atoms with Crippen molar-refractivity contribution in [1.82, 2.24) is 0 Å². The number of carbonyl (C=O) groups excluding carboxylic acids is 1. The van der Waals surface area contributed by atoms with Crippen LogP contribution >= 0.6 is 0 Å². The molecule has 0 saturated heterocycles. The molecule has 1 N–H and O–H groups in total. The van der Waals surface area contributed by atoms with Gasteiger partial charge in [0, 0.05) is 11.6 Å². The number of ether oxygens (including phenoxy) is 2. The minimum Gasteiger partial charge on any atom is -0.507 e. The summed E-state index contributed by atoms with van der Waals surface area (Å²) in [7, 11) is 3.02. The molecular formula is C15H22O4. The van der Waals surface area contributed by atoms with E-state index in [0.29, 0.717) is 23.5 Å². The number of phenolic OH excluding ortho intramolecular Hbond substituents is 1. The lowest BCUT2D eigenvalue weighted by Crippen LogP contribution is -2.03. The minimum atomic E-state index is -0.214. The van der Waals surface area contributed by atoms with Crippen molar-refractivity contribution in [2.45, 2.75) is 39.5 Å². The topological polar surface area (TPSA) is 55.8 Å². The van der Waals surface area contributed by atoms with Crippen LogP contribution in [0.15, 0.2) is 6.07 Å². The highest BCUT2D eigenvalue weighted by molar-refractivity contribution is 6.00. The number of unbranched alkanes of at least 4 members (excludes halogenated alkanes) is 2. The molecule has 0 aliphatic heterocycles. The van der Waals surface area contributed by atoms with Crippen molar-refractivity contribution in [3.8, 4) is 17.2 Å². The molecule has 19 heavy (non-hydrogen) atoms. The summed E-state index contributed by atoms with van der Waals surface area (Å²) in [5.74, 6) is 0.685. The summed E-state index contributed by atoms with van der Waals surface area (Å²) in [4.78, 5) is 11.6. The number of phenols is 1. The molecule has 1 aromatic rings. The van der Waals surface area contributed by atoms with E-state index in [1.165, 1.54) is 14.0 Å². The Morgan fingerprint density at radius 2 is 1.84 bits per heavy atom. The first-order chi connectivity index (χ1) is 9.06. The van der Waals surface area contributed by atoms with Crippen molar-refractivity contribution < 1.29 is 19.4 Å². The third kappa shape index (κ3) is 3.40. The van der Waals surface area contributed by atoms with Gasteiger partial charge in [-0.1, -0.05) is 19.8 Å². The van der Waals surface area contributed by atoms with Crippen molar-refractivity contribution in [2.24, 2.45) is 0 Å². The number of hydrogen-bond donors (Lipinski definition) is 1. The molecule has 0 aliphatic rings. The van der Waals surface area contributed by atoms with Crippen LogP contribution < -0.4 is 9.47 Å². The highest BCUT2D eigenvalue weighted by Crippen LogP contribution is 2.39. The molecule has 0 amide bonds. The van der Waals surface area contributed by atoms with E-state index in [9.17, 15) is 9.90 Å². The first kappa shape index (κ1) is 15.3. The van der Waals surface area contributed by atoms with E-state index in [1.807, 2.05) is 0 Å². The molecule has 0 heterocycles. The minimum absolute atomic E-state index is 0.0141. The first-order valence-corrected chi connectivity index (χ1v) is 6.54. The molecule has 0 saturated carbocycles. The summed E-state index contributed by atoms with van der Waals surface area (Å²) < 4.78 is 10.4. The standard InChI is InChI=1S/C15H22O4/c1-5-6-7-8-11-12(18-3)9-13(19-4)14(10(2)16)15(11)17/h9,17H,5-8H2,1-4H3. The Bertz CT molecular complexity index is 452. The Hall–Kier alpha value is -1.71. The van der Waals surface area contributed by atoms with Crippen LogP contribution in [0.1, 0.15) is 49.0 Å². The Morgan fingerprint density at radius 1 is 1.21 bits per heavy atom. The van der Waals surface area contributed by atoms with Crippen LogP contribution in [0.3, 0.4) is 0 Å². The van der Waals surface area contributed by atoms with E-state index in [4.69, 9.17) is 9.47 Å². The zero-order valence-electron chi connectivity index (χ0n) is 12.1. The largest absolute Gasteiger partial charge is 0.507 e. The predicted octanol–water partition coefficient (Wildman–Crippen LogP) is 3.34. The van der Waals surface area contributed by atoms with E-state index >= 15 is 0 Å². The number of ketones is 1. The molecule has 106 valence electrons. The van der Waals surface area contributed by atoms with E-state index in [1.54, 1.807) is 13.2 Å². The van der Waals surface area contributed by atoms with Gasteiger partial charge in [-0.25, -0.2) is 0 Å². The van der Waals surface area contributed by atoms with Crippen LogP contribution in [0.2, 0.25) is 0 Å². The molecule has 0 atom stereocenters. The van der Waals surface area contributed by atoms with Gasteiger partial charge in [0.1, 0.15) is 22.8 Å². The van der Waals surface area contributed by atoms with E-state index in [-0.39, 0.29) is 17.1 Å². The van der Waals surface area contributed by atoms with Crippen LogP contribution in [-0.2, 0) is 6.42 Å². The van der Waals surface area contributed by atoms with Crippen molar-refractivity contribution in [1.29, 1.82) is 0 Å². The van der Waals surface area contributed by atoms with Gasteiger partial charge in [-0.2, -0.15) is 0 Å². The lowest BCUT2D eigenvalue weighted by molar-refractivity contribution is 0.101. The van der Waals surface area contributed by atoms with Crippen molar-refractivity contribution in [3.63, 3.8) is 0 Å². The average molecular weight is 266 g/mol. The highest BCUT2D eigenvalue weighted by Gasteiger charge is 2.21. The summed E-state index contributed by atoms with van der Waals surface area (Å²) in [6, 6.07) is 1.66. The maximum atomic E-state index is 11.6. The predicted molar refractivity (Wildman–Crippen MR) is 74.4 cm³/mol. The molecule has 1 aromatic carbocycles. The smallest absolute Gasteiger partial charge is 0.167 e. The second-order valence-corrected chi connectivity index (χ2v) is 4.50. The Labute approximate surface area is 114 Å². The van der Waals surface area contributed by atoms with Gasteiger partial charge in [-0.3, -0.25) is 4.79 Å². The molecular weight excluding hydrogens is 244 g/mol. The van der Waals surface area contributed by atoms with E-state index in [2.05, 4.69) is 6.92 Å². The second kappa shape index (κ2) is 7.02. The molecule has 0 aromatic heterocycles. The van der Waals surface area contributed by atoms with Gasteiger partial charge in [-0.05, 0) is 19.8 Å². The zero-order chi connectivity index (χ0) is 14.4. The van der Waals surface area contributed by atoms with E-state index < -0.39 is 0 Å². The normalized spacial score (nSPS) is 10.3. The molecule has 0 spiro atoms. The number of hydrogen-bond acceptors (Lipinski definition) is 4. The number of methoxy groups -OCH3 is 2. The third-order valence-corrected chi connectivity index (χ3v) is 3.15. The lowest BCUT2D eigenvalue weighted by Gasteiger charge is -2.16. The monoisotopic (exact) mass is 266 g/mol. The summed E-state index contributed by atoms with van der Waals surface area (Å²) >= 11 is 0. The maximum absolute atomic E-state index is 11.6. The molecule has 1 rings (SSSR count). The number of carbonyl (C=O) groups is 1. The van der Waals surface area contributed by atoms with Gasteiger partial charge < -0.3 is 14.6 Å². The molecule has 0 aliphatic carbocycles. The van der Waals surface area contributed by atoms with Gasteiger partial charge in [-0.15, -0.1) is 0 Å². The summed E-state index contributed by atoms with van der Waals surface area (Å²) in [6.45, 7) is 3.53. The number of rotatable bonds is 7. The van der Waals surface area contributed by atoms with Gasteiger partial charge >= 0.3 is 0 Å². The fourth-order valence-corrected chi connectivity index (χ4v) is 2.14. The number of Topliss-reactive ketones (excluding diaryl/α,β-unsaturated/α-hetero) is 1. The number of aromatic hydroxyl groups is 1.